The van der Waals surface area contributed by atoms with E-state index in [1.54, 1.807) is 0 Å². The van der Waals surface area contributed by atoms with Gasteiger partial charge in [0.25, 0.3) is 0 Å². The molecule has 1 aliphatic heterocycles. The van der Waals surface area contributed by atoms with Gasteiger partial charge < -0.3 is 14.8 Å². The summed E-state index contributed by atoms with van der Waals surface area (Å²) in [7, 11) is 1.35. The smallest absolute Gasteiger partial charge is 0.328 e. The highest BCUT2D eigenvalue weighted by Gasteiger charge is 2.32. The zero-order valence-electron chi connectivity index (χ0n) is 11.4. The van der Waals surface area contributed by atoms with Crippen molar-refractivity contribution in [3.8, 4) is 0 Å². The number of hydrogen-bond donors (Lipinski definition) is 1. The van der Waals surface area contributed by atoms with Crippen LogP contribution >= 0.6 is 0 Å². The fraction of sp³-hybridized carbons (Fsp3) is 0.846. The Morgan fingerprint density at radius 1 is 1.39 bits per heavy atom. The van der Waals surface area contributed by atoms with Crippen LogP contribution in [0.4, 0.5) is 0 Å². The SMILES string of the molecule is CC[C@@H](C)C(=O)N[C@H](C(=O)OC)C1CCOCC1. The molecule has 2 atom stereocenters. The molecule has 1 heterocycles. The molecule has 5 nitrogen and oxygen atoms in total. The van der Waals surface area contributed by atoms with Gasteiger partial charge >= 0.3 is 5.97 Å². The summed E-state index contributed by atoms with van der Waals surface area (Å²) < 4.78 is 10.1. The first-order chi connectivity index (χ1) is 8.60. The van der Waals surface area contributed by atoms with Gasteiger partial charge in [-0.1, -0.05) is 13.8 Å². The molecule has 1 rings (SSSR count). The topological polar surface area (TPSA) is 64.6 Å². The van der Waals surface area contributed by atoms with Crippen LogP contribution in [0, 0.1) is 11.8 Å². The predicted octanol–water partition coefficient (Wildman–Crippen LogP) is 1.12. The van der Waals surface area contributed by atoms with Crippen LogP contribution in [0.3, 0.4) is 0 Å². The number of hydrogen-bond acceptors (Lipinski definition) is 4. The van der Waals surface area contributed by atoms with Crippen molar-refractivity contribution >= 4 is 11.9 Å². The molecule has 0 saturated carbocycles. The van der Waals surface area contributed by atoms with E-state index in [0.717, 1.165) is 19.3 Å². The Balaban J connectivity index is 2.65. The van der Waals surface area contributed by atoms with E-state index in [9.17, 15) is 9.59 Å². The van der Waals surface area contributed by atoms with Crippen molar-refractivity contribution in [1.29, 1.82) is 0 Å². The van der Waals surface area contributed by atoms with E-state index in [1.807, 2.05) is 13.8 Å². The Labute approximate surface area is 108 Å². The van der Waals surface area contributed by atoms with E-state index in [2.05, 4.69) is 5.32 Å². The van der Waals surface area contributed by atoms with Gasteiger partial charge in [-0.05, 0) is 25.2 Å². The number of amides is 1. The largest absolute Gasteiger partial charge is 0.467 e. The van der Waals surface area contributed by atoms with Crippen molar-refractivity contribution in [3.05, 3.63) is 0 Å². The summed E-state index contributed by atoms with van der Waals surface area (Å²) in [5.74, 6) is -0.422. The van der Waals surface area contributed by atoms with Gasteiger partial charge in [-0.2, -0.15) is 0 Å². The van der Waals surface area contributed by atoms with Gasteiger partial charge in [-0.25, -0.2) is 4.79 Å². The van der Waals surface area contributed by atoms with Crippen molar-refractivity contribution in [2.45, 2.75) is 39.2 Å². The summed E-state index contributed by atoms with van der Waals surface area (Å²) in [5.41, 5.74) is 0. The fourth-order valence-corrected chi connectivity index (χ4v) is 2.03. The third kappa shape index (κ3) is 3.98. The molecule has 0 aromatic carbocycles. The second-order valence-electron chi connectivity index (χ2n) is 4.77. The number of carbonyl (C=O) groups is 2. The first-order valence-corrected chi connectivity index (χ1v) is 6.56. The van der Waals surface area contributed by atoms with Crippen LogP contribution in [0.2, 0.25) is 0 Å². The number of rotatable bonds is 5. The van der Waals surface area contributed by atoms with E-state index in [0.29, 0.717) is 13.2 Å². The molecule has 18 heavy (non-hydrogen) atoms. The zero-order chi connectivity index (χ0) is 13.5. The van der Waals surface area contributed by atoms with Crippen molar-refractivity contribution in [2.24, 2.45) is 11.8 Å². The lowest BCUT2D eigenvalue weighted by Crippen LogP contribution is -2.49. The third-order valence-corrected chi connectivity index (χ3v) is 3.55. The van der Waals surface area contributed by atoms with Crippen molar-refractivity contribution in [1.82, 2.24) is 5.32 Å². The van der Waals surface area contributed by atoms with Crippen LogP contribution in [-0.2, 0) is 19.1 Å². The highest BCUT2D eigenvalue weighted by atomic mass is 16.5. The Kier molecular flexibility index (Phi) is 6.12. The molecule has 0 aliphatic carbocycles. The number of ether oxygens (including phenoxy) is 2. The van der Waals surface area contributed by atoms with E-state index >= 15 is 0 Å². The number of methoxy groups -OCH3 is 1. The molecule has 5 heteroatoms. The fourth-order valence-electron chi connectivity index (χ4n) is 2.03. The van der Waals surface area contributed by atoms with Gasteiger partial charge in [0.15, 0.2) is 0 Å². The van der Waals surface area contributed by atoms with E-state index in [4.69, 9.17) is 9.47 Å². The second-order valence-corrected chi connectivity index (χ2v) is 4.77. The molecule has 0 bridgehead atoms. The molecule has 104 valence electrons. The van der Waals surface area contributed by atoms with Crippen molar-refractivity contribution in [2.75, 3.05) is 20.3 Å². The second kappa shape index (κ2) is 7.36. The molecule has 0 unspecified atom stereocenters. The first-order valence-electron chi connectivity index (χ1n) is 6.56. The molecule has 0 aromatic rings. The summed E-state index contributed by atoms with van der Waals surface area (Å²) in [6, 6.07) is -0.541. The van der Waals surface area contributed by atoms with Gasteiger partial charge in [0, 0.05) is 19.1 Å². The molecule has 1 aliphatic rings. The van der Waals surface area contributed by atoms with E-state index in [1.165, 1.54) is 7.11 Å². The van der Waals surface area contributed by atoms with Crippen LogP contribution in [0.5, 0.6) is 0 Å². The average molecular weight is 257 g/mol. The van der Waals surface area contributed by atoms with Crippen LogP contribution in [0.1, 0.15) is 33.1 Å². The Hall–Kier alpha value is -1.10. The first kappa shape index (κ1) is 15.0. The maximum Gasteiger partial charge on any atom is 0.328 e. The lowest BCUT2D eigenvalue weighted by Gasteiger charge is -2.29. The Morgan fingerprint density at radius 3 is 2.50 bits per heavy atom. The van der Waals surface area contributed by atoms with E-state index < -0.39 is 6.04 Å². The quantitative estimate of drug-likeness (QED) is 0.749. The molecule has 1 amide bonds. The van der Waals surface area contributed by atoms with Crippen LogP contribution < -0.4 is 5.32 Å². The molecular weight excluding hydrogens is 234 g/mol. The maximum atomic E-state index is 11.9. The van der Waals surface area contributed by atoms with Gasteiger partial charge in [0.2, 0.25) is 5.91 Å². The Bertz CT molecular complexity index is 285. The highest BCUT2D eigenvalue weighted by Crippen LogP contribution is 2.20. The minimum absolute atomic E-state index is 0.0839. The average Bonchev–Trinajstić information content (AvgIpc) is 2.43. The summed E-state index contributed by atoms with van der Waals surface area (Å²) in [6.45, 7) is 5.08. The molecular formula is C13H23NO4. The zero-order valence-corrected chi connectivity index (χ0v) is 11.4. The molecule has 0 spiro atoms. The van der Waals surface area contributed by atoms with Gasteiger partial charge in [-0.15, -0.1) is 0 Å². The summed E-state index contributed by atoms with van der Waals surface area (Å²) >= 11 is 0. The monoisotopic (exact) mass is 257 g/mol. The van der Waals surface area contributed by atoms with Crippen molar-refractivity contribution < 1.29 is 19.1 Å². The summed E-state index contributed by atoms with van der Waals surface area (Å²) in [6.07, 6.45) is 2.31. The van der Waals surface area contributed by atoms with Crippen LogP contribution in [-0.4, -0.2) is 38.2 Å². The van der Waals surface area contributed by atoms with Gasteiger partial charge in [0.1, 0.15) is 6.04 Å². The summed E-state index contributed by atoms with van der Waals surface area (Å²) in [5, 5.41) is 2.82. The number of carbonyl (C=O) groups excluding carboxylic acids is 2. The van der Waals surface area contributed by atoms with Gasteiger partial charge in [-0.3, -0.25) is 4.79 Å². The molecule has 0 aromatic heterocycles. The van der Waals surface area contributed by atoms with Crippen LogP contribution in [0.15, 0.2) is 0 Å². The number of esters is 1. The standard InChI is InChI=1S/C13H23NO4/c1-4-9(2)12(15)14-11(13(16)17-3)10-5-7-18-8-6-10/h9-11H,4-8H2,1-3H3,(H,14,15)/t9-,11+/m1/s1. The lowest BCUT2D eigenvalue weighted by atomic mass is 9.91. The molecule has 1 saturated heterocycles. The minimum atomic E-state index is -0.541. The third-order valence-electron chi connectivity index (χ3n) is 3.55. The normalized spacial score (nSPS) is 19.9. The number of nitrogens with one attached hydrogen (secondary N) is 1. The maximum absolute atomic E-state index is 11.9. The van der Waals surface area contributed by atoms with E-state index in [-0.39, 0.29) is 23.7 Å². The highest BCUT2D eigenvalue weighted by molar-refractivity contribution is 5.85. The predicted molar refractivity (Wildman–Crippen MR) is 66.9 cm³/mol. The van der Waals surface area contributed by atoms with Gasteiger partial charge in [0.05, 0.1) is 7.11 Å². The lowest BCUT2D eigenvalue weighted by molar-refractivity contribution is -0.148. The molecule has 1 N–H and O–H groups in total. The van der Waals surface area contributed by atoms with Crippen molar-refractivity contribution in [3.63, 3.8) is 0 Å². The summed E-state index contributed by atoms with van der Waals surface area (Å²) in [4.78, 5) is 23.7. The minimum Gasteiger partial charge on any atom is -0.467 e. The molecule has 1 fully saturated rings. The molecule has 0 radical (unpaired) electrons. The van der Waals surface area contributed by atoms with Crippen LogP contribution in [0.25, 0.3) is 0 Å². The Morgan fingerprint density at radius 2 is 2.00 bits per heavy atom.